The molecule has 20 heavy (non-hydrogen) atoms. The summed E-state index contributed by atoms with van der Waals surface area (Å²) in [6, 6.07) is 0. The molecule has 4 N–H and O–H groups in total. The Morgan fingerprint density at radius 3 is 2.85 bits per heavy atom. The fraction of sp³-hybridized carbons (Fsp3) is 0.111. The Bertz CT molecular complexity index is 664. The third-order valence-corrected chi connectivity index (χ3v) is 2.92. The zero-order valence-corrected chi connectivity index (χ0v) is 10.9. The van der Waals surface area contributed by atoms with Crippen LogP contribution in [0.4, 0.5) is 11.9 Å². The smallest absolute Gasteiger partial charge is 0.258 e. The van der Waals surface area contributed by atoms with Crippen molar-refractivity contribution in [2.75, 3.05) is 10.7 Å². The van der Waals surface area contributed by atoms with E-state index in [9.17, 15) is 0 Å². The molecule has 11 heteroatoms. The van der Waals surface area contributed by atoms with Crippen LogP contribution in [0.1, 0.15) is 5.69 Å². The Kier molecular flexibility index (Phi) is 3.43. The molecule has 0 saturated heterocycles. The summed E-state index contributed by atoms with van der Waals surface area (Å²) in [5.74, 6) is 6.25. The Labute approximate surface area is 117 Å². The summed E-state index contributed by atoms with van der Waals surface area (Å²) in [6.45, 7) is 0.508. The number of hydrogen-bond donors (Lipinski definition) is 3. The van der Waals surface area contributed by atoms with Crippen LogP contribution in [0, 0.1) is 0 Å². The summed E-state index contributed by atoms with van der Waals surface area (Å²) < 4.78 is 1.41. The van der Waals surface area contributed by atoms with Crippen LogP contribution >= 0.6 is 11.3 Å². The Hall–Kier alpha value is -2.66. The van der Waals surface area contributed by atoms with Gasteiger partial charge in [0.15, 0.2) is 0 Å². The predicted molar refractivity (Wildman–Crippen MR) is 72.0 cm³/mol. The minimum absolute atomic E-state index is 0.228. The molecule has 3 aromatic rings. The van der Waals surface area contributed by atoms with E-state index in [-0.39, 0.29) is 5.95 Å². The third-order valence-electron chi connectivity index (χ3n) is 2.29. The van der Waals surface area contributed by atoms with Gasteiger partial charge < -0.3 is 5.32 Å². The largest absolute Gasteiger partial charge is 0.348 e. The molecular formula is C9H10N10S. The molecular weight excluding hydrogens is 280 g/mol. The first-order valence-corrected chi connectivity index (χ1v) is 6.48. The van der Waals surface area contributed by atoms with Gasteiger partial charge in [0, 0.05) is 5.38 Å². The lowest BCUT2D eigenvalue weighted by molar-refractivity contribution is 0.793. The molecule has 0 aliphatic rings. The number of hydrogen-bond acceptors (Lipinski definition) is 10. The van der Waals surface area contributed by atoms with Crippen molar-refractivity contribution in [2.24, 2.45) is 5.84 Å². The van der Waals surface area contributed by atoms with Gasteiger partial charge in [-0.15, -0.1) is 11.3 Å². The van der Waals surface area contributed by atoms with Gasteiger partial charge in [-0.1, -0.05) is 0 Å². The summed E-state index contributed by atoms with van der Waals surface area (Å²) in [5.41, 5.74) is 5.05. The van der Waals surface area contributed by atoms with Crippen LogP contribution in [0.2, 0.25) is 0 Å². The highest BCUT2D eigenvalue weighted by atomic mass is 32.1. The van der Waals surface area contributed by atoms with Crippen LogP contribution in [0.3, 0.4) is 0 Å². The Morgan fingerprint density at radius 2 is 2.15 bits per heavy atom. The van der Waals surface area contributed by atoms with Gasteiger partial charge in [-0.2, -0.15) is 24.7 Å². The number of anilines is 2. The van der Waals surface area contributed by atoms with Crippen LogP contribution in [0.25, 0.3) is 5.95 Å². The highest BCUT2D eigenvalue weighted by molar-refractivity contribution is 7.07. The average Bonchev–Trinajstić information content (AvgIpc) is 3.17. The molecule has 0 aromatic carbocycles. The first-order valence-electron chi connectivity index (χ1n) is 5.54. The number of nitrogens with two attached hydrogens (primary N) is 1. The van der Waals surface area contributed by atoms with Gasteiger partial charge in [-0.25, -0.2) is 15.8 Å². The number of nitrogens with zero attached hydrogens (tertiary/aromatic N) is 7. The molecule has 3 aromatic heterocycles. The Balaban J connectivity index is 1.84. The fourth-order valence-electron chi connectivity index (χ4n) is 1.42. The van der Waals surface area contributed by atoms with E-state index in [2.05, 4.69) is 40.8 Å². The summed E-state index contributed by atoms with van der Waals surface area (Å²) in [5, 5.41) is 8.95. The van der Waals surface area contributed by atoms with Gasteiger partial charge in [0.1, 0.15) is 12.7 Å². The zero-order valence-electron chi connectivity index (χ0n) is 10.1. The second-order valence-corrected chi connectivity index (χ2v) is 4.32. The fourth-order valence-corrected chi connectivity index (χ4v) is 1.98. The van der Waals surface area contributed by atoms with E-state index in [4.69, 9.17) is 5.84 Å². The molecule has 0 aliphatic heterocycles. The summed E-state index contributed by atoms with van der Waals surface area (Å²) in [7, 11) is 0. The highest BCUT2D eigenvalue weighted by Crippen LogP contribution is 2.09. The molecule has 0 unspecified atom stereocenters. The molecule has 0 spiro atoms. The van der Waals surface area contributed by atoms with Crippen molar-refractivity contribution >= 4 is 23.2 Å². The van der Waals surface area contributed by atoms with Crippen molar-refractivity contribution in [3.63, 3.8) is 0 Å². The molecule has 0 aliphatic carbocycles. The maximum Gasteiger partial charge on any atom is 0.258 e. The number of rotatable bonds is 5. The lowest BCUT2D eigenvalue weighted by atomic mass is 10.5. The molecule has 0 saturated carbocycles. The third kappa shape index (κ3) is 2.67. The molecule has 3 rings (SSSR count). The standard InChI is InChI=1S/C9H10N10S/c10-18-8-15-7(12-1-6-2-20-5-13-6)16-9(17-8)19-4-11-3-14-19/h2-5H,1,10H2,(H2,12,15,16,17,18). The average molecular weight is 290 g/mol. The van der Waals surface area contributed by atoms with E-state index in [1.165, 1.54) is 28.7 Å². The van der Waals surface area contributed by atoms with Gasteiger partial charge in [-0.3, -0.25) is 5.43 Å². The van der Waals surface area contributed by atoms with Crippen molar-refractivity contribution in [3.8, 4) is 5.95 Å². The molecule has 0 amide bonds. The first kappa shape index (κ1) is 12.4. The van der Waals surface area contributed by atoms with Crippen molar-refractivity contribution in [1.29, 1.82) is 0 Å². The van der Waals surface area contributed by atoms with Gasteiger partial charge in [0.25, 0.3) is 5.95 Å². The summed E-state index contributed by atoms with van der Waals surface area (Å²) in [6.07, 6.45) is 2.88. The predicted octanol–water partition coefficient (Wildman–Crippen LogP) is -0.194. The maximum absolute atomic E-state index is 5.35. The number of nitrogen functional groups attached to an aromatic ring is 1. The van der Waals surface area contributed by atoms with Gasteiger partial charge in [-0.05, 0) is 0 Å². The van der Waals surface area contributed by atoms with E-state index in [0.717, 1.165) is 5.69 Å². The number of thiazole rings is 1. The molecule has 0 radical (unpaired) electrons. The van der Waals surface area contributed by atoms with Gasteiger partial charge >= 0.3 is 0 Å². The van der Waals surface area contributed by atoms with Crippen LogP contribution < -0.4 is 16.6 Å². The highest BCUT2D eigenvalue weighted by Gasteiger charge is 2.08. The molecule has 10 nitrogen and oxygen atoms in total. The van der Waals surface area contributed by atoms with E-state index < -0.39 is 0 Å². The van der Waals surface area contributed by atoms with E-state index >= 15 is 0 Å². The SMILES string of the molecule is NNc1nc(NCc2cscn2)nc(-n2cncn2)n1. The lowest BCUT2D eigenvalue weighted by Crippen LogP contribution is -2.16. The van der Waals surface area contributed by atoms with Crippen LogP contribution in [-0.2, 0) is 6.54 Å². The Morgan fingerprint density at radius 1 is 1.25 bits per heavy atom. The van der Waals surface area contributed by atoms with Gasteiger partial charge in [0.2, 0.25) is 11.9 Å². The first-order chi connectivity index (χ1) is 9.85. The lowest BCUT2D eigenvalue weighted by Gasteiger charge is -2.07. The topological polar surface area (TPSA) is 132 Å². The van der Waals surface area contributed by atoms with E-state index in [1.54, 1.807) is 5.51 Å². The maximum atomic E-state index is 5.35. The minimum Gasteiger partial charge on any atom is -0.348 e. The van der Waals surface area contributed by atoms with E-state index in [1.807, 2.05) is 5.38 Å². The van der Waals surface area contributed by atoms with Gasteiger partial charge in [0.05, 0.1) is 17.7 Å². The molecule has 0 fully saturated rings. The second-order valence-electron chi connectivity index (χ2n) is 3.60. The van der Waals surface area contributed by atoms with Crippen molar-refractivity contribution in [3.05, 3.63) is 29.2 Å². The molecule has 102 valence electrons. The number of aromatic nitrogens is 7. The summed E-state index contributed by atoms with van der Waals surface area (Å²) in [4.78, 5) is 20.4. The monoisotopic (exact) mass is 290 g/mol. The minimum atomic E-state index is 0.228. The van der Waals surface area contributed by atoms with Crippen LogP contribution in [0.15, 0.2) is 23.5 Å². The van der Waals surface area contributed by atoms with Crippen molar-refractivity contribution < 1.29 is 0 Å². The number of nitrogens with one attached hydrogen (secondary N) is 2. The molecule has 0 atom stereocenters. The summed E-state index contributed by atoms with van der Waals surface area (Å²) >= 11 is 1.52. The number of hydrazine groups is 1. The second kappa shape index (κ2) is 5.54. The zero-order chi connectivity index (χ0) is 13.8. The van der Waals surface area contributed by atoms with Crippen molar-refractivity contribution in [1.82, 2.24) is 34.7 Å². The quantitative estimate of drug-likeness (QED) is 0.431. The van der Waals surface area contributed by atoms with Crippen molar-refractivity contribution in [2.45, 2.75) is 6.54 Å². The van der Waals surface area contributed by atoms with E-state index in [0.29, 0.717) is 18.4 Å². The normalized spacial score (nSPS) is 10.4. The van der Waals surface area contributed by atoms with Crippen LogP contribution in [0.5, 0.6) is 0 Å². The molecule has 0 bridgehead atoms. The molecule has 3 heterocycles. The van der Waals surface area contributed by atoms with Crippen LogP contribution in [-0.4, -0.2) is 34.7 Å².